The number of hydrogen-bond acceptors (Lipinski definition) is 1. The Morgan fingerprint density at radius 3 is 2.38 bits per heavy atom. The molecule has 0 spiro atoms. The van der Waals surface area contributed by atoms with Gasteiger partial charge < -0.3 is 0 Å². The second-order valence-corrected chi connectivity index (χ2v) is 8.05. The molecule has 0 bridgehead atoms. The summed E-state index contributed by atoms with van der Waals surface area (Å²) in [6, 6.07) is 6.77. The first-order valence-electron chi connectivity index (χ1n) is 6.76. The van der Waals surface area contributed by atoms with Crippen molar-refractivity contribution in [3.05, 3.63) is 47.5 Å². The quantitative estimate of drug-likeness (QED) is 0.903. The zero-order valence-electron chi connectivity index (χ0n) is 12.5. The van der Waals surface area contributed by atoms with Crippen molar-refractivity contribution in [2.45, 2.75) is 38.5 Å². The smallest absolute Gasteiger partial charge is 0.131 e. The molecule has 0 heterocycles. The highest BCUT2D eigenvalue weighted by Crippen LogP contribution is 2.28. The lowest BCUT2D eigenvalue weighted by atomic mass is 10.00. The molecule has 0 amide bonds. The fraction of sp³-hybridized carbons (Fsp3) is 0.375. The van der Waals surface area contributed by atoms with Crippen LogP contribution in [0.3, 0.4) is 0 Å². The van der Waals surface area contributed by atoms with E-state index in [0.717, 1.165) is 5.56 Å². The van der Waals surface area contributed by atoms with Gasteiger partial charge >= 0.3 is 0 Å². The first kappa shape index (κ1) is 16.0. The molecule has 0 saturated carbocycles. The number of fused-ring (bicyclic) bond motifs is 1. The summed E-state index contributed by atoms with van der Waals surface area (Å²) < 4.78 is 41.9. The Bertz CT molecular complexity index is 694. The number of halogens is 2. The number of nitrogens with one attached hydrogen (secondary N) is 1. The van der Waals surface area contributed by atoms with Crippen molar-refractivity contribution in [3.8, 4) is 0 Å². The van der Waals surface area contributed by atoms with Gasteiger partial charge in [-0.3, -0.25) is 0 Å². The minimum absolute atomic E-state index is 0.237. The molecular formula is C16H19F2NOS. The van der Waals surface area contributed by atoms with Crippen LogP contribution in [0, 0.1) is 11.6 Å². The van der Waals surface area contributed by atoms with Crippen molar-refractivity contribution >= 4 is 21.8 Å². The maximum atomic E-state index is 13.8. The Kier molecular flexibility index (Phi) is 4.44. The Balaban J connectivity index is 2.43. The molecule has 2 nitrogen and oxygen atoms in total. The van der Waals surface area contributed by atoms with E-state index in [4.69, 9.17) is 0 Å². The molecule has 2 aromatic carbocycles. The fourth-order valence-electron chi connectivity index (χ4n) is 2.09. The van der Waals surface area contributed by atoms with Crippen molar-refractivity contribution in [3.63, 3.8) is 0 Å². The lowest BCUT2D eigenvalue weighted by Crippen LogP contribution is -2.34. The largest absolute Gasteiger partial charge is 0.242 e. The summed E-state index contributed by atoms with van der Waals surface area (Å²) in [4.78, 5) is 0. The average molecular weight is 311 g/mol. The third-order valence-corrected chi connectivity index (χ3v) is 4.95. The van der Waals surface area contributed by atoms with E-state index in [0.29, 0.717) is 5.39 Å². The van der Waals surface area contributed by atoms with Gasteiger partial charge in [0.05, 0.1) is 15.7 Å². The van der Waals surface area contributed by atoms with Crippen LogP contribution in [0.25, 0.3) is 10.8 Å². The number of hydrogen-bond donors (Lipinski definition) is 1. The summed E-state index contributed by atoms with van der Waals surface area (Å²) in [5, 5.41) is 0.866. The Labute approximate surface area is 126 Å². The SMILES string of the molecule is C[C@@H](NS(=O)C(C)(C)C)c1ccc(F)c2cc(F)ccc12. The first-order chi connectivity index (χ1) is 9.70. The van der Waals surface area contributed by atoms with Crippen molar-refractivity contribution in [2.75, 3.05) is 0 Å². The topological polar surface area (TPSA) is 29.1 Å². The molecule has 0 aromatic heterocycles. The van der Waals surface area contributed by atoms with Crippen LogP contribution in [-0.2, 0) is 11.0 Å². The predicted molar refractivity (Wildman–Crippen MR) is 83.3 cm³/mol. The van der Waals surface area contributed by atoms with E-state index in [1.54, 1.807) is 12.1 Å². The molecule has 2 atom stereocenters. The van der Waals surface area contributed by atoms with Crippen LogP contribution in [0.2, 0.25) is 0 Å². The van der Waals surface area contributed by atoms with Crippen molar-refractivity contribution in [1.82, 2.24) is 4.72 Å². The second kappa shape index (κ2) is 5.81. The Morgan fingerprint density at radius 1 is 1.10 bits per heavy atom. The van der Waals surface area contributed by atoms with Crippen molar-refractivity contribution in [2.24, 2.45) is 0 Å². The Hall–Kier alpha value is -1.33. The van der Waals surface area contributed by atoms with Gasteiger partial charge in [0.1, 0.15) is 11.6 Å². The van der Waals surface area contributed by atoms with E-state index in [9.17, 15) is 13.0 Å². The third-order valence-electron chi connectivity index (χ3n) is 3.27. The van der Waals surface area contributed by atoms with Gasteiger partial charge in [-0.2, -0.15) is 0 Å². The molecule has 2 rings (SSSR count). The molecule has 0 radical (unpaired) electrons. The maximum absolute atomic E-state index is 13.8. The van der Waals surface area contributed by atoms with Crippen LogP contribution < -0.4 is 4.72 Å². The molecule has 21 heavy (non-hydrogen) atoms. The van der Waals surface area contributed by atoms with Crippen LogP contribution >= 0.6 is 0 Å². The van der Waals surface area contributed by atoms with Gasteiger partial charge in [0.15, 0.2) is 0 Å². The highest BCUT2D eigenvalue weighted by atomic mass is 32.2. The summed E-state index contributed by atoms with van der Waals surface area (Å²) in [6.07, 6.45) is 0. The molecule has 1 unspecified atom stereocenters. The number of benzene rings is 2. The number of rotatable bonds is 3. The molecule has 0 fully saturated rings. The van der Waals surface area contributed by atoms with E-state index in [-0.39, 0.29) is 11.4 Å². The van der Waals surface area contributed by atoms with Crippen molar-refractivity contribution in [1.29, 1.82) is 0 Å². The molecule has 0 saturated heterocycles. The van der Waals surface area contributed by atoms with Gasteiger partial charge in [0.2, 0.25) is 0 Å². The summed E-state index contributed by atoms with van der Waals surface area (Å²) in [6.45, 7) is 7.49. The first-order valence-corrected chi connectivity index (χ1v) is 7.91. The van der Waals surface area contributed by atoms with Crippen LogP contribution in [0.15, 0.2) is 30.3 Å². The van der Waals surface area contributed by atoms with Gasteiger partial charge in [-0.1, -0.05) is 12.1 Å². The van der Waals surface area contributed by atoms with Crippen LogP contribution in [0.1, 0.15) is 39.3 Å². The zero-order valence-corrected chi connectivity index (χ0v) is 13.4. The molecule has 2 aromatic rings. The average Bonchev–Trinajstić information content (AvgIpc) is 2.38. The predicted octanol–water partition coefficient (Wildman–Crippen LogP) is 4.23. The molecule has 5 heteroatoms. The third kappa shape index (κ3) is 3.47. The fourth-order valence-corrected chi connectivity index (χ4v) is 2.89. The second-order valence-electron chi connectivity index (χ2n) is 6.05. The van der Waals surface area contributed by atoms with Gasteiger partial charge in [-0.25, -0.2) is 17.7 Å². The van der Waals surface area contributed by atoms with E-state index < -0.39 is 27.4 Å². The van der Waals surface area contributed by atoms with Gasteiger partial charge in [0, 0.05) is 11.4 Å². The highest BCUT2D eigenvalue weighted by molar-refractivity contribution is 7.84. The summed E-state index contributed by atoms with van der Waals surface area (Å²) in [7, 11) is -1.24. The standard InChI is InChI=1S/C16H19F2NOS/c1-10(19-21(20)16(2,3)4)12-7-8-15(18)14-9-11(17)5-6-13(12)14/h5-10,19H,1-4H3/t10-,21?/m1/s1. The molecule has 0 aliphatic carbocycles. The van der Waals surface area contributed by atoms with E-state index in [1.165, 1.54) is 18.2 Å². The van der Waals surface area contributed by atoms with Crippen LogP contribution in [0.5, 0.6) is 0 Å². The normalized spacial score (nSPS) is 15.1. The lowest BCUT2D eigenvalue weighted by Gasteiger charge is -2.23. The van der Waals surface area contributed by atoms with E-state index in [2.05, 4.69) is 4.72 Å². The van der Waals surface area contributed by atoms with Crippen LogP contribution in [0.4, 0.5) is 8.78 Å². The molecule has 0 aliphatic rings. The molecule has 0 aliphatic heterocycles. The molecule has 114 valence electrons. The van der Waals surface area contributed by atoms with E-state index in [1.807, 2.05) is 27.7 Å². The Morgan fingerprint density at radius 2 is 1.76 bits per heavy atom. The summed E-state index contributed by atoms with van der Waals surface area (Å²) in [5.74, 6) is -0.935. The zero-order chi connectivity index (χ0) is 15.8. The minimum atomic E-state index is -1.24. The lowest BCUT2D eigenvalue weighted by molar-refractivity contribution is 0.613. The summed E-state index contributed by atoms with van der Waals surface area (Å²) in [5.41, 5.74) is 0.795. The van der Waals surface area contributed by atoms with Crippen molar-refractivity contribution < 1.29 is 13.0 Å². The molecule has 1 N–H and O–H groups in total. The van der Waals surface area contributed by atoms with Crippen LogP contribution in [-0.4, -0.2) is 8.96 Å². The van der Waals surface area contributed by atoms with E-state index >= 15 is 0 Å². The molecular weight excluding hydrogens is 292 g/mol. The van der Waals surface area contributed by atoms with Gasteiger partial charge in [-0.15, -0.1) is 0 Å². The maximum Gasteiger partial charge on any atom is 0.131 e. The monoisotopic (exact) mass is 311 g/mol. The van der Waals surface area contributed by atoms with Gasteiger partial charge in [-0.05, 0) is 56.8 Å². The highest BCUT2D eigenvalue weighted by Gasteiger charge is 2.22. The summed E-state index contributed by atoms with van der Waals surface area (Å²) >= 11 is 0. The van der Waals surface area contributed by atoms with Gasteiger partial charge in [0.25, 0.3) is 0 Å². The minimum Gasteiger partial charge on any atom is -0.242 e.